The summed E-state index contributed by atoms with van der Waals surface area (Å²) in [6.45, 7) is 0. The van der Waals surface area contributed by atoms with Gasteiger partial charge in [0.25, 0.3) is 0 Å². The molecule has 2 aromatic carbocycles. The fourth-order valence-electron chi connectivity index (χ4n) is 1.86. The summed E-state index contributed by atoms with van der Waals surface area (Å²) in [6, 6.07) is 17.1. The lowest BCUT2D eigenvalue weighted by Gasteiger charge is -2.12. The first-order chi connectivity index (χ1) is 9.69. The van der Waals surface area contributed by atoms with Crippen molar-refractivity contribution in [3.63, 3.8) is 0 Å². The normalized spacial score (nSPS) is 11.8. The molecule has 1 N–H and O–H groups in total. The molecule has 4 heteroatoms. The molecule has 0 aliphatic rings. The van der Waals surface area contributed by atoms with Crippen molar-refractivity contribution in [2.45, 2.75) is 16.6 Å². The number of ether oxygens (including phenoxy) is 1. The highest BCUT2D eigenvalue weighted by molar-refractivity contribution is 8.00. The van der Waals surface area contributed by atoms with E-state index in [2.05, 4.69) is 0 Å². The van der Waals surface area contributed by atoms with E-state index in [0.717, 1.165) is 16.2 Å². The molecular formula is C16H16O3S. The Morgan fingerprint density at radius 2 is 1.95 bits per heavy atom. The Morgan fingerprint density at radius 1 is 1.20 bits per heavy atom. The molecular weight excluding hydrogens is 272 g/mol. The molecule has 3 nitrogen and oxygen atoms in total. The van der Waals surface area contributed by atoms with Crippen molar-refractivity contribution >= 4 is 17.7 Å². The Morgan fingerprint density at radius 3 is 2.60 bits per heavy atom. The molecule has 0 radical (unpaired) electrons. The Bertz CT molecular complexity index is 569. The summed E-state index contributed by atoms with van der Waals surface area (Å²) >= 11 is 1.36. The van der Waals surface area contributed by atoms with Crippen molar-refractivity contribution in [3.05, 3.63) is 60.2 Å². The van der Waals surface area contributed by atoms with Gasteiger partial charge in [0.05, 0.1) is 7.11 Å². The number of methoxy groups -OCH3 is 1. The molecule has 2 rings (SSSR count). The molecule has 0 aliphatic heterocycles. The van der Waals surface area contributed by atoms with Gasteiger partial charge in [-0.15, -0.1) is 11.8 Å². The minimum atomic E-state index is -0.804. The van der Waals surface area contributed by atoms with E-state index in [0.29, 0.717) is 6.42 Å². The van der Waals surface area contributed by atoms with Crippen LogP contribution >= 0.6 is 11.8 Å². The first-order valence-electron chi connectivity index (χ1n) is 6.26. The highest BCUT2D eigenvalue weighted by Gasteiger charge is 2.19. The van der Waals surface area contributed by atoms with Crippen LogP contribution < -0.4 is 4.74 Å². The predicted molar refractivity (Wildman–Crippen MR) is 80.4 cm³/mol. The third-order valence-corrected chi connectivity index (χ3v) is 4.05. The lowest BCUT2D eigenvalue weighted by Crippen LogP contribution is -2.19. The number of hydrogen-bond acceptors (Lipinski definition) is 3. The van der Waals surface area contributed by atoms with E-state index < -0.39 is 11.2 Å². The third-order valence-electron chi connectivity index (χ3n) is 2.85. The van der Waals surface area contributed by atoms with Crippen molar-refractivity contribution < 1.29 is 14.6 Å². The second-order valence-corrected chi connectivity index (χ2v) is 5.59. The zero-order valence-electron chi connectivity index (χ0n) is 11.2. The van der Waals surface area contributed by atoms with Gasteiger partial charge in [-0.25, -0.2) is 0 Å². The van der Waals surface area contributed by atoms with Crippen molar-refractivity contribution in [2.75, 3.05) is 7.11 Å². The van der Waals surface area contributed by atoms with E-state index >= 15 is 0 Å². The van der Waals surface area contributed by atoms with Crippen molar-refractivity contribution in [2.24, 2.45) is 0 Å². The molecule has 0 aromatic heterocycles. The van der Waals surface area contributed by atoms with Crippen LogP contribution in [0, 0.1) is 0 Å². The number of hydrogen-bond donors (Lipinski definition) is 1. The Labute approximate surface area is 122 Å². The second kappa shape index (κ2) is 7.01. The fourth-order valence-corrected chi connectivity index (χ4v) is 2.88. The van der Waals surface area contributed by atoms with E-state index in [1.165, 1.54) is 11.8 Å². The molecule has 0 bridgehead atoms. The summed E-state index contributed by atoms with van der Waals surface area (Å²) in [6.07, 6.45) is 0.464. The first-order valence-corrected chi connectivity index (χ1v) is 7.14. The van der Waals surface area contributed by atoms with E-state index in [1.807, 2.05) is 54.6 Å². The van der Waals surface area contributed by atoms with Crippen LogP contribution in [-0.4, -0.2) is 23.4 Å². The summed E-state index contributed by atoms with van der Waals surface area (Å²) in [5.41, 5.74) is 0.959. The lowest BCUT2D eigenvalue weighted by atomic mass is 10.1. The van der Waals surface area contributed by atoms with Gasteiger partial charge in [-0.1, -0.05) is 30.3 Å². The average molecular weight is 288 g/mol. The van der Waals surface area contributed by atoms with Gasteiger partial charge in [-0.3, -0.25) is 4.79 Å². The maximum Gasteiger partial charge on any atom is 0.317 e. The molecule has 0 fully saturated rings. The number of benzene rings is 2. The molecule has 0 saturated heterocycles. The number of thioether (sulfide) groups is 1. The fraction of sp³-hybridized carbons (Fsp3) is 0.188. The summed E-state index contributed by atoms with van der Waals surface area (Å²) in [5.74, 6) is -0.0574. The molecule has 1 atom stereocenters. The first kappa shape index (κ1) is 14.5. The Hall–Kier alpha value is -1.94. The standard InChI is InChI=1S/C16H16O3S/c1-19-13-7-5-6-12(10-13)11-15(16(17)18)20-14-8-3-2-4-9-14/h2-10,15H,11H2,1H3,(H,17,18)/t15-/m0/s1. The van der Waals surface area contributed by atoms with Gasteiger partial charge < -0.3 is 9.84 Å². The van der Waals surface area contributed by atoms with Gasteiger partial charge in [0.1, 0.15) is 11.0 Å². The van der Waals surface area contributed by atoms with Crippen LogP contribution in [0.1, 0.15) is 5.56 Å². The monoisotopic (exact) mass is 288 g/mol. The van der Waals surface area contributed by atoms with Crippen LogP contribution in [0.3, 0.4) is 0 Å². The number of carboxylic acid groups (broad SMARTS) is 1. The minimum Gasteiger partial charge on any atom is -0.497 e. The van der Waals surface area contributed by atoms with E-state index in [9.17, 15) is 9.90 Å². The topological polar surface area (TPSA) is 46.5 Å². The second-order valence-electron chi connectivity index (χ2n) is 4.31. The van der Waals surface area contributed by atoms with Crippen molar-refractivity contribution in [1.29, 1.82) is 0 Å². The third kappa shape index (κ3) is 4.03. The van der Waals surface area contributed by atoms with Crippen molar-refractivity contribution in [3.8, 4) is 5.75 Å². The van der Waals surface area contributed by atoms with Gasteiger partial charge in [-0.05, 0) is 36.2 Å². The van der Waals surface area contributed by atoms with E-state index in [4.69, 9.17) is 4.74 Å². The predicted octanol–water partition coefficient (Wildman–Crippen LogP) is 3.48. The smallest absolute Gasteiger partial charge is 0.317 e. The summed E-state index contributed by atoms with van der Waals surface area (Å²) in [4.78, 5) is 12.4. The molecule has 20 heavy (non-hydrogen) atoms. The van der Waals surface area contributed by atoms with Crippen LogP contribution in [0.25, 0.3) is 0 Å². The minimum absolute atomic E-state index is 0.464. The number of rotatable bonds is 6. The summed E-state index contributed by atoms with van der Waals surface area (Å²) < 4.78 is 5.16. The van der Waals surface area contributed by atoms with Crippen LogP contribution in [0.15, 0.2) is 59.5 Å². The Kier molecular flexibility index (Phi) is 5.07. The van der Waals surface area contributed by atoms with Crippen LogP contribution in [-0.2, 0) is 11.2 Å². The maximum atomic E-state index is 11.4. The van der Waals surface area contributed by atoms with Crippen LogP contribution in [0.5, 0.6) is 5.75 Å². The van der Waals surface area contributed by atoms with Gasteiger partial charge in [0, 0.05) is 4.90 Å². The zero-order valence-corrected chi connectivity index (χ0v) is 12.0. The quantitative estimate of drug-likeness (QED) is 0.827. The van der Waals surface area contributed by atoms with Gasteiger partial charge in [0.15, 0.2) is 0 Å². The number of carboxylic acids is 1. The van der Waals surface area contributed by atoms with E-state index in [-0.39, 0.29) is 0 Å². The molecule has 2 aromatic rings. The maximum absolute atomic E-state index is 11.4. The molecule has 0 aliphatic carbocycles. The zero-order chi connectivity index (χ0) is 14.4. The lowest BCUT2D eigenvalue weighted by molar-refractivity contribution is -0.136. The summed E-state index contributed by atoms with van der Waals surface area (Å²) in [7, 11) is 1.60. The highest BCUT2D eigenvalue weighted by Crippen LogP contribution is 2.26. The van der Waals surface area contributed by atoms with Crippen molar-refractivity contribution in [1.82, 2.24) is 0 Å². The molecule has 0 spiro atoms. The molecule has 104 valence electrons. The van der Waals surface area contributed by atoms with Crippen LogP contribution in [0.4, 0.5) is 0 Å². The highest BCUT2D eigenvalue weighted by atomic mass is 32.2. The van der Waals surface area contributed by atoms with Gasteiger partial charge >= 0.3 is 5.97 Å². The van der Waals surface area contributed by atoms with Crippen LogP contribution in [0.2, 0.25) is 0 Å². The average Bonchev–Trinajstić information content (AvgIpc) is 2.48. The largest absolute Gasteiger partial charge is 0.497 e. The molecule has 0 unspecified atom stereocenters. The number of carbonyl (C=O) groups is 1. The molecule has 0 saturated carbocycles. The van der Waals surface area contributed by atoms with E-state index in [1.54, 1.807) is 7.11 Å². The van der Waals surface area contributed by atoms with Gasteiger partial charge in [0.2, 0.25) is 0 Å². The summed E-state index contributed by atoms with van der Waals surface area (Å²) in [5, 5.41) is 8.86. The number of aliphatic carboxylic acids is 1. The molecule has 0 heterocycles. The Balaban J connectivity index is 2.11. The SMILES string of the molecule is COc1cccc(C[C@H](Sc2ccccc2)C(=O)O)c1. The van der Waals surface area contributed by atoms with Gasteiger partial charge in [-0.2, -0.15) is 0 Å². The molecule has 0 amide bonds.